The number of nitrogens with zero attached hydrogens (tertiary/aromatic N) is 2. The molecule has 0 saturated heterocycles. The minimum atomic E-state index is -4.30. The van der Waals surface area contributed by atoms with Gasteiger partial charge in [-0.1, -0.05) is 108 Å². The van der Waals surface area contributed by atoms with Gasteiger partial charge in [-0.3, -0.25) is 13.9 Å². The largest absolute Gasteiger partial charge is 0.352 e. The number of benzene rings is 4. The van der Waals surface area contributed by atoms with Crippen molar-refractivity contribution >= 4 is 73.9 Å². The quantitative estimate of drug-likeness (QED) is 0.152. The first kappa shape index (κ1) is 35.6. The van der Waals surface area contributed by atoms with Crippen LogP contribution in [0.25, 0.3) is 0 Å². The lowest BCUT2D eigenvalue weighted by Gasteiger charge is -2.34. The summed E-state index contributed by atoms with van der Waals surface area (Å²) >= 11 is 25.6. The zero-order chi connectivity index (χ0) is 33.4. The number of hydrogen-bond acceptors (Lipinski definition) is 4. The summed E-state index contributed by atoms with van der Waals surface area (Å²) in [7, 11) is -4.30. The van der Waals surface area contributed by atoms with Crippen LogP contribution in [-0.2, 0) is 32.6 Å². The molecule has 0 saturated carbocycles. The Kier molecular flexibility index (Phi) is 12.4. The first-order chi connectivity index (χ1) is 21.9. The van der Waals surface area contributed by atoms with E-state index in [4.69, 9.17) is 46.4 Å². The Hall–Kier alpha value is -3.27. The van der Waals surface area contributed by atoms with Gasteiger partial charge in [-0.2, -0.15) is 0 Å². The molecule has 46 heavy (non-hydrogen) atoms. The zero-order valence-corrected chi connectivity index (χ0v) is 29.0. The highest BCUT2D eigenvalue weighted by Gasteiger charge is 2.35. The maximum atomic E-state index is 14.6. The second kappa shape index (κ2) is 16.0. The monoisotopic (exact) mass is 719 g/mol. The van der Waals surface area contributed by atoms with Crippen LogP contribution in [-0.4, -0.2) is 43.8 Å². The third-order valence-electron chi connectivity index (χ3n) is 7.46. The van der Waals surface area contributed by atoms with Gasteiger partial charge in [-0.05, 0) is 61.4 Å². The van der Waals surface area contributed by atoms with Crippen molar-refractivity contribution in [1.29, 1.82) is 0 Å². The van der Waals surface area contributed by atoms with E-state index in [1.807, 2.05) is 44.2 Å². The molecule has 2 atom stereocenters. The second-order valence-corrected chi connectivity index (χ2v) is 14.2. The molecule has 0 radical (unpaired) electrons. The SMILES string of the molecule is CC[C@H](C)NC(=O)[C@@H](Cc1ccccc1)N(Cc1c(Cl)cccc1Cl)C(=O)CN(c1ccc(Cl)c(Cl)c1)S(=O)(=O)c1ccccc1. The molecule has 0 unspecified atom stereocenters. The number of sulfonamides is 1. The molecule has 2 amide bonds. The smallest absolute Gasteiger partial charge is 0.264 e. The lowest BCUT2D eigenvalue weighted by molar-refractivity contribution is -0.140. The highest BCUT2D eigenvalue weighted by atomic mass is 35.5. The highest BCUT2D eigenvalue weighted by Crippen LogP contribution is 2.32. The van der Waals surface area contributed by atoms with Crippen molar-refractivity contribution < 1.29 is 18.0 Å². The fourth-order valence-electron chi connectivity index (χ4n) is 4.74. The highest BCUT2D eigenvalue weighted by molar-refractivity contribution is 7.92. The van der Waals surface area contributed by atoms with E-state index in [0.29, 0.717) is 22.0 Å². The summed E-state index contributed by atoms with van der Waals surface area (Å²) < 4.78 is 29.1. The molecule has 0 aliphatic carbocycles. The number of nitrogens with one attached hydrogen (secondary N) is 1. The van der Waals surface area contributed by atoms with Gasteiger partial charge in [0.15, 0.2) is 0 Å². The molecule has 0 aromatic heterocycles. The Labute approximate surface area is 290 Å². The van der Waals surface area contributed by atoms with Gasteiger partial charge in [0.05, 0.1) is 20.6 Å². The van der Waals surface area contributed by atoms with E-state index in [1.54, 1.807) is 36.4 Å². The molecule has 4 aromatic rings. The van der Waals surface area contributed by atoms with E-state index in [1.165, 1.54) is 35.2 Å². The molecule has 0 spiro atoms. The third-order valence-corrected chi connectivity index (χ3v) is 10.7. The van der Waals surface area contributed by atoms with E-state index < -0.39 is 34.4 Å². The van der Waals surface area contributed by atoms with Gasteiger partial charge in [0.2, 0.25) is 11.8 Å². The summed E-state index contributed by atoms with van der Waals surface area (Å²) in [5, 5.41) is 3.91. The number of rotatable bonds is 13. The average molecular weight is 722 g/mol. The molecule has 0 heterocycles. The maximum Gasteiger partial charge on any atom is 0.264 e. The Morgan fingerprint density at radius 3 is 1.98 bits per heavy atom. The van der Waals surface area contributed by atoms with Crippen LogP contribution >= 0.6 is 46.4 Å². The number of carbonyl (C=O) groups excluding carboxylic acids is 2. The van der Waals surface area contributed by atoms with Crippen molar-refractivity contribution in [3.05, 3.63) is 128 Å². The molecule has 0 aliphatic heterocycles. The van der Waals surface area contributed by atoms with Crippen LogP contribution in [0.1, 0.15) is 31.4 Å². The third kappa shape index (κ3) is 8.75. The van der Waals surface area contributed by atoms with E-state index in [2.05, 4.69) is 5.32 Å². The fraction of sp³-hybridized carbons (Fsp3) is 0.235. The molecule has 12 heteroatoms. The van der Waals surface area contributed by atoms with Gasteiger partial charge in [0.25, 0.3) is 10.0 Å². The molecule has 4 aromatic carbocycles. The average Bonchev–Trinajstić information content (AvgIpc) is 3.04. The van der Waals surface area contributed by atoms with Gasteiger partial charge in [-0.15, -0.1) is 0 Å². The topological polar surface area (TPSA) is 86.8 Å². The van der Waals surface area contributed by atoms with Crippen molar-refractivity contribution in [3.63, 3.8) is 0 Å². The van der Waals surface area contributed by atoms with Crippen LogP contribution in [0.3, 0.4) is 0 Å². The van der Waals surface area contributed by atoms with Crippen LogP contribution in [0.4, 0.5) is 5.69 Å². The predicted octanol–water partition coefficient (Wildman–Crippen LogP) is 8.05. The summed E-state index contributed by atoms with van der Waals surface area (Å²) in [4.78, 5) is 29.8. The van der Waals surface area contributed by atoms with Crippen molar-refractivity contribution in [3.8, 4) is 0 Å². The Morgan fingerprint density at radius 2 is 1.39 bits per heavy atom. The van der Waals surface area contributed by atoms with E-state index >= 15 is 0 Å². The first-order valence-electron chi connectivity index (χ1n) is 14.5. The van der Waals surface area contributed by atoms with Crippen LogP contribution in [0.2, 0.25) is 20.1 Å². The zero-order valence-electron chi connectivity index (χ0n) is 25.2. The van der Waals surface area contributed by atoms with Crippen molar-refractivity contribution in [2.75, 3.05) is 10.8 Å². The van der Waals surface area contributed by atoms with Crippen molar-refractivity contribution in [1.82, 2.24) is 10.2 Å². The van der Waals surface area contributed by atoms with E-state index in [0.717, 1.165) is 9.87 Å². The van der Waals surface area contributed by atoms with Crippen molar-refractivity contribution in [2.45, 2.75) is 50.2 Å². The van der Waals surface area contributed by atoms with Gasteiger partial charge in [0, 0.05) is 34.6 Å². The lowest BCUT2D eigenvalue weighted by Crippen LogP contribution is -2.54. The Bertz CT molecular complexity index is 1760. The molecule has 1 N–H and O–H groups in total. The second-order valence-electron chi connectivity index (χ2n) is 10.7. The van der Waals surface area contributed by atoms with Crippen LogP contribution < -0.4 is 9.62 Å². The fourth-order valence-corrected chi connectivity index (χ4v) is 6.97. The van der Waals surface area contributed by atoms with Crippen LogP contribution in [0.5, 0.6) is 0 Å². The maximum absolute atomic E-state index is 14.6. The number of halogens is 4. The summed E-state index contributed by atoms with van der Waals surface area (Å²) in [5.74, 6) is -1.07. The summed E-state index contributed by atoms with van der Waals surface area (Å²) in [5.41, 5.74) is 1.33. The van der Waals surface area contributed by atoms with Gasteiger partial charge < -0.3 is 10.2 Å². The molecule has 0 fully saturated rings. The molecule has 7 nitrogen and oxygen atoms in total. The normalized spacial score (nSPS) is 12.7. The van der Waals surface area contributed by atoms with Gasteiger partial charge >= 0.3 is 0 Å². The minimum Gasteiger partial charge on any atom is -0.352 e. The number of hydrogen-bond donors (Lipinski definition) is 1. The van der Waals surface area contributed by atoms with Crippen molar-refractivity contribution in [2.24, 2.45) is 0 Å². The Morgan fingerprint density at radius 1 is 0.783 bits per heavy atom. The van der Waals surface area contributed by atoms with E-state index in [9.17, 15) is 18.0 Å². The number of anilines is 1. The van der Waals surface area contributed by atoms with Gasteiger partial charge in [0.1, 0.15) is 12.6 Å². The summed E-state index contributed by atoms with van der Waals surface area (Å²) in [6, 6.07) is 25.0. The predicted molar refractivity (Wildman–Crippen MR) is 186 cm³/mol. The molecular weight excluding hydrogens is 688 g/mol. The van der Waals surface area contributed by atoms with Gasteiger partial charge in [-0.25, -0.2) is 8.42 Å². The minimum absolute atomic E-state index is 0.0371. The molecule has 0 bridgehead atoms. The molecule has 4 rings (SSSR count). The summed E-state index contributed by atoms with van der Waals surface area (Å²) in [6.45, 7) is 2.97. The lowest BCUT2D eigenvalue weighted by atomic mass is 10.0. The Balaban J connectivity index is 1.85. The molecule has 242 valence electrons. The summed E-state index contributed by atoms with van der Waals surface area (Å²) in [6.07, 6.45) is 0.809. The first-order valence-corrected chi connectivity index (χ1v) is 17.5. The van der Waals surface area contributed by atoms with Crippen LogP contribution in [0.15, 0.2) is 102 Å². The molecule has 0 aliphatic rings. The number of amides is 2. The number of carbonyl (C=O) groups is 2. The molecular formula is C34H33Cl4N3O4S. The van der Waals surface area contributed by atoms with Crippen LogP contribution in [0, 0.1) is 0 Å². The standard InChI is InChI=1S/C34H33Cl4N3O4S/c1-3-23(2)39-34(43)32(19-24-11-6-4-7-12-24)40(21-27-28(35)15-10-16-29(27)36)33(42)22-41(25-17-18-30(37)31(38)20-25)46(44,45)26-13-8-5-9-14-26/h4-18,20,23,32H,3,19,21-22H2,1-2H3,(H,39,43)/t23-,32+/m0/s1. The van der Waals surface area contributed by atoms with E-state index in [-0.39, 0.29) is 39.6 Å².